The molecule has 1 aromatic carbocycles. The van der Waals surface area contributed by atoms with Gasteiger partial charge >= 0.3 is 7.41 Å². The van der Waals surface area contributed by atoms with Crippen molar-refractivity contribution < 1.29 is 14.0 Å². The minimum Gasteiger partial charge on any atom is -0.416 e. The van der Waals surface area contributed by atoms with Gasteiger partial charge in [0.25, 0.3) is 0 Å². The molecule has 1 N–H and O–H groups in total. The van der Waals surface area contributed by atoms with Crippen LogP contribution in [-0.2, 0) is 25.9 Å². The van der Waals surface area contributed by atoms with Crippen LogP contribution in [0.4, 0.5) is 17.5 Å². The molecular formula is C30H38BClN7O3Si. The van der Waals surface area contributed by atoms with Gasteiger partial charge in [0.2, 0.25) is 5.95 Å². The standard InChI is InChI=1S/C30H38BClN7O3Si/c1-29(2,3)43(5,6)42-18-30(4)17-38(31-19-40)27-21(15-33)12-20(13-23(27)30)24-9-10-34-28(35-24)36-26-14-25(32)37-39(26)16-22-8-7-11-41-22/h9-10,12-14,19,22H,7-8,11,16-18H2,1-6H3,(H,34,35,36)/t22-,30+/m0/s1. The SMILES string of the molecule is CC(C)(C)[Si](C)(C)OC[C@@]1(C)CN([B]C=O)c2c(C#N)cc(-c3ccnc(Nc4cc(Cl)nn4C[C@@H]4CCCO4)n3)cc21. The quantitative estimate of drug-likeness (QED) is 0.226. The molecule has 43 heavy (non-hydrogen) atoms. The van der Waals surface area contributed by atoms with Gasteiger partial charge in [0.05, 0.1) is 23.9 Å². The summed E-state index contributed by atoms with van der Waals surface area (Å²) in [5, 5.41) is 18.3. The van der Waals surface area contributed by atoms with Crippen LogP contribution in [0.2, 0.25) is 23.3 Å². The fraction of sp³-hybridized carbons (Fsp3) is 0.500. The Labute approximate surface area is 260 Å². The van der Waals surface area contributed by atoms with E-state index in [1.807, 2.05) is 16.9 Å². The lowest BCUT2D eigenvalue weighted by Crippen LogP contribution is -2.46. The van der Waals surface area contributed by atoms with E-state index >= 15 is 0 Å². The average molecular weight is 619 g/mol. The van der Waals surface area contributed by atoms with Gasteiger partial charge in [-0.05, 0) is 54.7 Å². The van der Waals surface area contributed by atoms with Crippen molar-refractivity contribution in [1.82, 2.24) is 19.7 Å². The number of fused-ring (bicyclic) bond motifs is 1. The molecule has 1 radical (unpaired) electrons. The summed E-state index contributed by atoms with van der Waals surface area (Å²) >= 11 is 6.25. The van der Waals surface area contributed by atoms with Gasteiger partial charge in [-0.1, -0.05) is 39.3 Å². The zero-order chi connectivity index (χ0) is 31.0. The fourth-order valence-corrected chi connectivity index (χ4v) is 6.67. The van der Waals surface area contributed by atoms with E-state index < -0.39 is 13.7 Å². The Morgan fingerprint density at radius 3 is 2.81 bits per heavy atom. The third kappa shape index (κ3) is 6.50. The van der Waals surface area contributed by atoms with E-state index in [1.54, 1.807) is 16.9 Å². The largest absolute Gasteiger partial charge is 0.416 e. The first kappa shape index (κ1) is 31.2. The van der Waals surface area contributed by atoms with Gasteiger partial charge in [-0.3, -0.25) is 0 Å². The van der Waals surface area contributed by atoms with Crippen molar-refractivity contribution in [3.8, 4) is 17.3 Å². The molecule has 10 nitrogen and oxygen atoms in total. The second-order valence-corrected chi connectivity index (χ2v) is 18.3. The van der Waals surface area contributed by atoms with Crippen LogP contribution in [0.3, 0.4) is 0 Å². The van der Waals surface area contributed by atoms with Gasteiger partial charge in [-0.2, -0.15) is 10.4 Å². The van der Waals surface area contributed by atoms with Crippen LogP contribution in [0, 0.1) is 11.3 Å². The Morgan fingerprint density at radius 2 is 2.14 bits per heavy atom. The first-order valence-corrected chi connectivity index (χ1v) is 17.9. The molecule has 0 spiro atoms. The number of nitriles is 1. The smallest absolute Gasteiger partial charge is 0.329 e. The summed E-state index contributed by atoms with van der Waals surface area (Å²) in [6.07, 6.45) is 4.54. The molecule has 13 heteroatoms. The van der Waals surface area contributed by atoms with Crippen LogP contribution in [0.25, 0.3) is 11.3 Å². The zero-order valence-corrected chi connectivity index (χ0v) is 27.4. The lowest BCUT2D eigenvalue weighted by atomic mass is 9.83. The van der Waals surface area contributed by atoms with Gasteiger partial charge in [0, 0.05) is 48.7 Å². The molecule has 5 rings (SSSR count). The number of halogens is 1. The maximum Gasteiger partial charge on any atom is 0.329 e. The van der Waals surface area contributed by atoms with E-state index in [9.17, 15) is 10.1 Å². The topological polar surface area (TPSA) is 118 Å². The van der Waals surface area contributed by atoms with Gasteiger partial charge in [0.1, 0.15) is 18.1 Å². The molecule has 4 heterocycles. The molecule has 2 atom stereocenters. The first-order valence-electron chi connectivity index (χ1n) is 14.6. The number of rotatable bonds is 10. The Morgan fingerprint density at radius 1 is 1.35 bits per heavy atom. The molecule has 0 amide bonds. The number of nitrogens with zero attached hydrogens (tertiary/aromatic N) is 6. The second-order valence-electron chi connectivity index (χ2n) is 13.1. The number of hydrogen-bond acceptors (Lipinski definition) is 9. The molecule has 2 aliphatic rings. The molecule has 1 saturated heterocycles. The summed E-state index contributed by atoms with van der Waals surface area (Å²) in [7, 11) is -0.562. The van der Waals surface area contributed by atoms with Gasteiger partial charge < -0.3 is 24.1 Å². The van der Waals surface area contributed by atoms with Crippen LogP contribution in [0.5, 0.6) is 0 Å². The molecule has 2 aliphatic heterocycles. The van der Waals surface area contributed by atoms with Crippen LogP contribution in [-0.4, -0.2) is 67.5 Å². The number of benzene rings is 1. The molecule has 2 aromatic heterocycles. The van der Waals surface area contributed by atoms with E-state index in [1.165, 1.54) is 7.41 Å². The molecule has 0 saturated carbocycles. The predicted molar refractivity (Wildman–Crippen MR) is 172 cm³/mol. The highest BCUT2D eigenvalue weighted by atomic mass is 35.5. The molecule has 1 fully saturated rings. The van der Waals surface area contributed by atoms with Gasteiger partial charge in [-0.15, -0.1) is 0 Å². The molecular weight excluding hydrogens is 581 g/mol. The number of nitrogens with one attached hydrogen (secondary N) is 1. The fourth-order valence-electron chi connectivity index (χ4n) is 5.36. The summed E-state index contributed by atoms with van der Waals surface area (Å²) < 4.78 is 14.3. The van der Waals surface area contributed by atoms with Crippen molar-refractivity contribution in [2.24, 2.45) is 0 Å². The van der Waals surface area contributed by atoms with E-state index in [-0.39, 0.29) is 11.1 Å². The van der Waals surface area contributed by atoms with Crippen molar-refractivity contribution in [3.05, 3.63) is 46.7 Å². The van der Waals surface area contributed by atoms with Crippen molar-refractivity contribution in [3.63, 3.8) is 0 Å². The van der Waals surface area contributed by atoms with Gasteiger partial charge in [-0.25, -0.2) is 14.6 Å². The van der Waals surface area contributed by atoms with E-state index in [0.29, 0.717) is 47.9 Å². The van der Waals surface area contributed by atoms with Gasteiger partial charge in [0.15, 0.2) is 13.5 Å². The highest BCUT2D eigenvalue weighted by Gasteiger charge is 2.44. The van der Waals surface area contributed by atoms with E-state index in [0.717, 1.165) is 42.4 Å². The monoisotopic (exact) mass is 618 g/mol. The summed E-state index contributed by atoms with van der Waals surface area (Å²) in [6.45, 7) is 15.6. The minimum atomic E-state index is -2.06. The summed E-state index contributed by atoms with van der Waals surface area (Å²) in [4.78, 5) is 22.7. The third-order valence-corrected chi connectivity index (χ3v) is 13.5. The predicted octanol–water partition coefficient (Wildman–Crippen LogP) is 5.70. The molecule has 0 aliphatic carbocycles. The van der Waals surface area contributed by atoms with E-state index in [4.69, 9.17) is 25.7 Å². The lowest BCUT2D eigenvalue weighted by molar-refractivity contribution is 0.0945. The summed E-state index contributed by atoms with van der Waals surface area (Å²) in [6, 6.07) is 9.79. The van der Waals surface area contributed by atoms with Crippen molar-refractivity contribution in [2.75, 3.05) is 29.9 Å². The minimum absolute atomic E-state index is 0.0488. The summed E-state index contributed by atoms with van der Waals surface area (Å²) in [5.74, 6) is 1.04. The Bertz CT molecular complexity index is 1550. The third-order valence-electron chi connectivity index (χ3n) is 8.83. The molecule has 0 unspecified atom stereocenters. The number of carbonyl (C=O) groups excluding carboxylic acids is 1. The summed E-state index contributed by atoms with van der Waals surface area (Å²) in [5.41, 5.74) is 3.13. The number of aromatic nitrogens is 4. The zero-order valence-electron chi connectivity index (χ0n) is 25.6. The number of carbonyl (C=O) groups is 1. The second kappa shape index (κ2) is 12.0. The van der Waals surface area contributed by atoms with Crippen molar-refractivity contribution in [2.45, 2.75) is 76.7 Å². The van der Waals surface area contributed by atoms with Crippen LogP contribution in [0.15, 0.2) is 30.5 Å². The van der Waals surface area contributed by atoms with E-state index in [2.05, 4.69) is 68.3 Å². The Balaban J connectivity index is 1.48. The number of ether oxygens (including phenoxy) is 1. The first-order chi connectivity index (χ1) is 20.3. The van der Waals surface area contributed by atoms with Crippen LogP contribution in [0.1, 0.15) is 51.7 Å². The highest BCUT2D eigenvalue weighted by Crippen LogP contribution is 2.46. The van der Waals surface area contributed by atoms with Crippen molar-refractivity contribution >= 4 is 51.0 Å². The average Bonchev–Trinajstić information content (AvgIpc) is 3.66. The highest BCUT2D eigenvalue weighted by molar-refractivity contribution is 6.74. The van der Waals surface area contributed by atoms with Crippen LogP contribution < -0.4 is 10.1 Å². The molecule has 3 aromatic rings. The number of hydrogen-bond donors (Lipinski definition) is 1. The van der Waals surface area contributed by atoms with Crippen LogP contribution >= 0.6 is 11.6 Å². The Hall–Kier alpha value is -3.24. The molecule has 0 bridgehead atoms. The number of anilines is 3. The Kier molecular flexibility index (Phi) is 8.73. The maximum absolute atomic E-state index is 11.6. The lowest BCUT2D eigenvalue weighted by Gasteiger charge is -2.39. The van der Waals surface area contributed by atoms with Crippen molar-refractivity contribution in [1.29, 1.82) is 5.26 Å². The molecule has 225 valence electrons. The normalized spacial score (nSPS) is 20.1. The maximum atomic E-state index is 11.6.